The van der Waals surface area contributed by atoms with Gasteiger partial charge in [0, 0.05) is 11.6 Å². The Balaban J connectivity index is 2.38. The molecule has 0 aliphatic carbocycles. The van der Waals surface area contributed by atoms with Crippen molar-refractivity contribution >= 4 is 12.0 Å². The summed E-state index contributed by atoms with van der Waals surface area (Å²) in [4.78, 5) is 16.0. The van der Waals surface area contributed by atoms with Gasteiger partial charge in [-0.3, -0.25) is 0 Å². The Morgan fingerprint density at radius 2 is 2.00 bits per heavy atom. The molecule has 0 unspecified atom stereocenters. The summed E-state index contributed by atoms with van der Waals surface area (Å²) in [6, 6.07) is 11.3. The highest BCUT2D eigenvalue weighted by atomic mass is 16.5. The molecule has 0 aliphatic heterocycles. The zero-order valence-corrected chi connectivity index (χ0v) is 12.5. The molecule has 0 amide bonds. The quantitative estimate of drug-likeness (QED) is 0.767. The Morgan fingerprint density at radius 3 is 2.59 bits per heavy atom. The third-order valence-electron chi connectivity index (χ3n) is 3.01. The molecule has 0 fully saturated rings. The van der Waals surface area contributed by atoms with Crippen LogP contribution in [0.3, 0.4) is 0 Å². The number of ether oxygens (including phenoxy) is 3. The molecule has 0 spiro atoms. The van der Waals surface area contributed by atoms with Gasteiger partial charge >= 0.3 is 5.97 Å². The summed E-state index contributed by atoms with van der Waals surface area (Å²) in [6.07, 6.45) is 1.58. The molecule has 1 aromatic carbocycles. The summed E-state index contributed by atoms with van der Waals surface area (Å²) < 4.78 is 15.6. The van der Waals surface area contributed by atoms with Crippen molar-refractivity contribution in [3.05, 3.63) is 59.8 Å². The Morgan fingerprint density at radius 1 is 1.27 bits per heavy atom. The Labute approximate surface area is 129 Å². The number of hydrogen-bond acceptors (Lipinski definition) is 5. The molecule has 5 nitrogen and oxygen atoms in total. The van der Waals surface area contributed by atoms with Gasteiger partial charge in [-0.1, -0.05) is 43.0 Å². The largest absolute Gasteiger partial charge is 0.486 e. The van der Waals surface area contributed by atoms with E-state index in [4.69, 9.17) is 14.2 Å². The van der Waals surface area contributed by atoms with Crippen LogP contribution < -0.4 is 9.47 Å². The molecule has 2 rings (SSSR count). The van der Waals surface area contributed by atoms with E-state index in [1.165, 1.54) is 14.2 Å². The van der Waals surface area contributed by atoms with Gasteiger partial charge in [-0.15, -0.1) is 0 Å². The second kappa shape index (κ2) is 7.26. The van der Waals surface area contributed by atoms with Crippen molar-refractivity contribution in [1.82, 2.24) is 4.98 Å². The number of esters is 1. The fourth-order valence-corrected chi connectivity index (χ4v) is 1.90. The Bertz CT molecular complexity index is 668. The van der Waals surface area contributed by atoms with Crippen molar-refractivity contribution in [3.63, 3.8) is 0 Å². The van der Waals surface area contributed by atoms with Gasteiger partial charge in [0.1, 0.15) is 6.61 Å². The highest BCUT2D eigenvalue weighted by molar-refractivity contribution is 5.92. The first-order valence-electron chi connectivity index (χ1n) is 6.66. The van der Waals surface area contributed by atoms with Crippen LogP contribution in [0, 0.1) is 0 Å². The number of carbonyl (C=O) groups is 1. The second-order valence-corrected chi connectivity index (χ2v) is 4.40. The summed E-state index contributed by atoms with van der Waals surface area (Å²) >= 11 is 0. The maximum Gasteiger partial charge on any atom is 0.360 e. The Hall–Kier alpha value is -2.82. The minimum atomic E-state index is -0.593. The van der Waals surface area contributed by atoms with E-state index in [1.807, 2.05) is 30.3 Å². The van der Waals surface area contributed by atoms with Crippen LogP contribution in [-0.4, -0.2) is 25.2 Å². The van der Waals surface area contributed by atoms with E-state index in [9.17, 15) is 4.79 Å². The van der Waals surface area contributed by atoms with Crippen LogP contribution in [0.2, 0.25) is 0 Å². The molecule has 0 N–H and O–H groups in total. The zero-order valence-electron chi connectivity index (χ0n) is 12.5. The van der Waals surface area contributed by atoms with Gasteiger partial charge in [-0.25, -0.2) is 9.78 Å². The fourth-order valence-electron chi connectivity index (χ4n) is 1.90. The molecule has 114 valence electrons. The number of nitrogens with zero attached hydrogens (tertiary/aromatic N) is 1. The summed E-state index contributed by atoms with van der Waals surface area (Å²) in [6.45, 7) is 4.04. The number of carbonyl (C=O) groups excluding carboxylic acids is 1. The summed E-state index contributed by atoms with van der Waals surface area (Å²) in [5.41, 5.74) is 1.65. The van der Waals surface area contributed by atoms with E-state index < -0.39 is 5.97 Å². The van der Waals surface area contributed by atoms with Gasteiger partial charge in [0.15, 0.2) is 11.4 Å². The van der Waals surface area contributed by atoms with E-state index in [2.05, 4.69) is 11.6 Å². The van der Waals surface area contributed by atoms with Crippen LogP contribution in [0.5, 0.6) is 11.6 Å². The molecule has 5 heteroatoms. The number of methoxy groups -OCH3 is 2. The molecule has 0 aliphatic rings. The lowest BCUT2D eigenvalue weighted by Gasteiger charge is -2.14. The number of pyridine rings is 1. The predicted octanol–water partition coefficient (Wildman–Crippen LogP) is 3.10. The molecule has 22 heavy (non-hydrogen) atoms. The monoisotopic (exact) mass is 299 g/mol. The van der Waals surface area contributed by atoms with E-state index in [0.29, 0.717) is 23.8 Å². The highest BCUT2D eigenvalue weighted by Crippen LogP contribution is 2.29. The van der Waals surface area contributed by atoms with Crippen molar-refractivity contribution in [2.75, 3.05) is 14.2 Å². The van der Waals surface area contributed by atoms with Gasteiger partial charge in [0.05, 0.1) is 14.2 Å². The molecule has 1 heterocycles. The first-order chi connectivity index (χ1) is 10.7. The average Bonchev–Trinajstić information content (AvgIpc) is 2.59. The lowest BCUT2D eigenvalue weighted by atomic mass is 10.2. The third kappa shape index (κ3) is 3.44. The summed E-state index contributed by atoms with van der Waals surface area (Å²) in [7, 11) is 2.76. The van der Waals surface area contributed by atoms with Crippen molar-refractivity contribution < 1.29 is 19.0 Å². The van der Waals surface area contributed by atoms with Crippen LogP contribution in [0.15, 0.2) is 43.0 Å². The van der Waals surface area contributed by atoms with Gasteiger partial charge in [0.2, 0.25) is 5.88 Å². The maximum absolute atomic E-state index is 11.9. The molecule has 0 saturated carbocycles. The molecular formula is C17H17NO4. The van der Waals surface area contributed by atoms with Gasteiger partial charge < -0.3 is 14.2 Å². The maximum atomic E-state index is 11.9. The van der Waals surface area contributed by atoms with Crippen molar-refractivity contribution in [1.29, 1.82) is 0 Å². The minimum Gasteiger partial charge on any atom is -0.486 e. The van der Waals surface area contributed by atoms with Crippen LogP contribution in [0.25, 0.3) is 6.08 Å². The van der Waals surface area contributed by atoms with Crippen LogP contribution in [0.4, 0.5) is 0 Å². The second-order valence-electron chi connectivity index (χ2n) is 4.40. The first kappa shape index (κ1) is 15.6. The molecule has 1 aromatic heterocycles. The van der Waals surface area contributed by atoms with E-state index in [0.717, 1.165) is 5.56 Å². The molecule has 0 saturated heterocycles. The van der Waals surface area contributed by atoms with Crippen LogP contribution in [0.1, 0.15) is 21.6 Å². The molecule has 0 radical (unpaired) electrons. The molecule has 0 atom stereocenters. The minimum absolute atomic E-state index is 0.0627. The van der Waals surface area contributed by atoms with Crippen LogP contribution in [-0.2, 0) is 11.3 Å². The average molecular weight is 299 g/mol. The fraction of sp³-hybridized carbons (Fsp3) is 0.176. The molecular weight excluding hydrogens is 282 g/mol. The van der Waals surface area contributed by atoms with Crippen LogP contribution >= 0.6 is 0 Å². The third-order valence-corrected chi connectivity index (χ3v) is 3.01. The number of benzene rings is 1. The predicted molar refractivity (Wildman–Crippen MR) is 83.0 cm³/mol. The van der Waals surface area contributed by atoms with Gasteiger partial charge in [-0.05, 0) is 5.56 Å². The number of hydrogen-bond donors (Lipinski definition) is 0. The van der Waals surface area contributed by atoms with Crippen molar-refractivity contribution in [2.24, 2.45) is 0 Å². The normalized spacial score (nSPS) is 9.91. The van der Waals surface area contributed by atoms with E-state index >= 15 is 0 Å². The Kier molecular flexibility index (Phi) is 5.14. The highest BCUT2D eigenvalue weighted by Gasteiger charge is 2.20. The van der Waals surface area contributed by atoms with E-state index in [-0.39, 0.29) is 5.69 Å². The van der Waals surface area contributed by atoms with Gasteiger partial charge in [0.25, 0.3) is 0 Å². The van der Waals surface area contributed by atoms with Gasteiger partial charge in [-0.2, -0.15) is 0 Å². The van der Waals surface area contributed by atoms with Crippen molar-refractivity contribution in [3.8, 4) is 11.6 Å². The first-order valence-corrected chi connectivity index (χ1v) is 6.66. The summed E-state index contributed by atoms with van der Waals surface area (Å²) in [5.74, 6) is 0.0268. The number of rotatable bonds is 6. The summed E-state index contributed by atoms with van der Waals surface area (Å²) in [5, 5.41) is 0. The standard InChI is InChI=1S/C17H17NO4/c1-4-13-10-14(20-2)18-15(17(19)21-3)16(13)22-11-12-8-6-5-7-9-12/h4-10H,1,11H2,2-3H3. The lowest BCUT2D eigenvalue weighted by molar-refractivity contribution is 0.0587. The molecule has 0 bridgehead atoms. The zero-order chi connectivity index (χ0) is 15.9. The topological polar surface area (TPSA) is 57.7 Å². The number of aromatic nitrogens is 1. The SMILES string of the molecule is C=Cc1cc(OC)nc(C(=O)OC)c1OCc1ccccc1. The van der Waals surface area contributed by atoms with E-state index in [1.54, 1.807) is 12.1 Å². The molecule has 2 aromatic rings. The smallest absolute Gasteiger partial charge is 0.360 e. The lowest BCUT2D eigenvalue weighted by Crippen LogP contribution is -2.10. The van der Waals surface area contributed by atoms with Crippen molar-refractivity contribution in [2.45, 2.75) is 6.61 Å².